The Kier molecular flexibility index (Phi) is 7.18. The maximum Gasteiger partial charge on any atom is 0.423 e. The molecule has 1 unspecified atom stereocenters. The number of benzene rings is 1. The standard InChI is InChI=1S/C13H15F5O7S2/c1-2-3-8-24-9-4-6-10(7-5-9)26(19,20)25-11(12(14,15)16)13(17,18)27(21,22)23/h4-7,11H,2-3,8H2,1H3,(H,21,22,23). The van der Waals surface area contributed by atoms with Crippen LogP contribution in [0.3, 0.4) is 0 Å². The molecule has 0 bridgehead atoms. The first-order chi connectivity index (χ1) is 12.1. The quantitative estimate of drug-likeness (QED) is 0.271. The molecule has 0 amide bonds. The van der Waals surface area contributed by atoms with E-state index in [-0.39, 0.29) is 12.4 Å². The minimum Gasteiger partial charge on any atom is -0.494 e. The summed E-state index contributed by atoms with van der Waals surface area (Å²) in [7, 11) is -12.1. The molecule has 0 fully saturated rings. The SMILES string of the molecule is CCCCOc1ccc(S(=O)(=O)OC(C(F)(F)F)C(F)(F)S(=O)(=O)O)cc1. The van der Waals surface area contributed by atoms with Gasteiger partial charge in [-0.25, -0.2) is 4.18 Å². The van der Waals surface area contributed by atoms with Gasteiger partial charge in [0, 0.05) is 0 Å². The number of alkyl halides is 5. The number of unbranched alkanes of at least 4 members (excludes halogenated alkanes) is 1. The molecule has 0 aromatic heterocycles. The average Bonchev–Trinajstić information content (AvgIpc) is 2.51. The van der Waals surface area contributed by atoms with Crippen LogP contribution in [-0.4, -0.2) is 45.5 Å². The van der Waals surface area contributed by atoms with Crippen LogP contribution in [0, 0.1) is 0 Å². The summed E-state index contributed by atoms with van der Waals surface area (Å²) in [4.78, 5) is -0.953. The monoisotopic (exact) mass is 442 g/mol. The van der Waals surface area contributed by atoms with Gasteiger partial charge in [0.2, 0.25) is 0 Å². The predicted octanol–water partition coefficient (Wildman–Crippen LogP) is 2.98. The van der Waals surface area contributed by atoms with E-state index in [2.05, 4.69) is 4.18 Å². The third-order valence-corrected chi connectivity index (χ3v) is 5.25. The first-order valence-corrected chi connectivity index (χ1v) is 10.1. The molecule has 14 heteroatoms. The number of hydrogen-bond donors (Lipinski definition) is 1. The highest BCUT2D eigenvalue weighted by molar-refractivity contribution is 7.87. The van der Waals surface area contributed by atoms with Crippen molar-refractivity contribution in [2.75, 3.05) is 6.61 Å². The predicted molar refractivity (Wildman–Crippen MR) is 81.5 cm³/mol. The van der Waals surface area contributed by atoms with Crippen LogP contribution in [-0.2, 0) is 24.4 Å². The summed E-state index contributed by atoms with van der Waals surface area (Å²) in [5.41, 5.74) is 0. The van der Waals surface area contributed by atoms with Crippen LogP contribution < -0.4 is 4.74 Å². The number of hydrogen-bond acceptors (Lipinski definition) is 6. The molecule has 1 atom stereocenters. The molecular formula is C13H15F5O7S2. The Balaban J connectivity index is 3.15. The fourth-order valence-electron chi connectivity index (χ4n) is 1.66. The molecule has 0 aliphatic carbocycles. The lowest BCUT2D eigenvalue weighted by Crippen LogP contribution is -2.52. The van der Waals surface area contributed by atoms with Crippen LogP contribution in [0.4, 0.5) is 22.0 Å². The zero-order valence-electron chi connectivity index (χ0n) is 13.6. The van der Waals surface area contributed by atoms with Gasteiger partial charge in [0.05, 0.1) is 11.5 Å². The maximum atomic E-state index is 13.4. The fourth-order valence-corrected chi connectivity index (χ4v) is 3.23. The molecule has 0 aliphatic rings. The van der Waals surface area contributed by atoms with Crippen LogP contribution in [0.1, 0.15) is 19.8 Å². The molecule has 27 heavy (non-hydrogen) atoms. The highest BCUT2D eigenvalue weighted by Crippen LogP contribution is 2.39. The molecule has 0 radical (unpaired) electrons. The Hall–Kier alpha value is -1.51. The van der Waals surface area contributed by atoms with Crippen molar-refractivity contribution in [3.8, 4) is 5.75 Å². The average molecular weight is 442 g/mol. The molecule has 7 nitrogen and oxygen atoms in total. The summed E-state index contributed by atoms with van der Waals surface area (Å²) in [5.74, 6) is 0.165. The highest BCUT2D eigenvalue weighted by Gasteiger charge is 2.66. The summed E-state index contributed by atoms with van der Waals surface area (Å²) < 4.78 is 127. The molecule has 0 heterocycles. The van der Waals surface area contributed by atoms with Gasteiger partial charge in [-0.3, -0.25) is 4.55 Å². The minimum absolute atomic E-state index is 0.165. The van der Waals surface area contributed by atoms with Gasteiger partial charge < -0.3 is 4.74 Å². The van der Waals surface area contributed by atoms with Crippen LogP contribution in [0.2, 0.25) is 0 Å². The van der Waals surface area contributed by atoms with Crippen LogP contribution in [0.25, 0.3) is 0 Å². The van der Waals surface area contributed by atoms with Crippen LogP contribution in [0.15, 0.2) is 29.2 Å². The van der Waals surface area contributed by atoms with E-state index in [4.69, 9.17) is 9.29 Å². The molecule has 1 N–H and O–H groups in total. The second-order valence-electron chi connectivity index (χ2n) is 5.18. The van der Waals surface area contributed by atoms with Gasteiger partial charge in [-0.15, -0.1) is 0 Å². The van der Waals surface area contributed by atoms with E-state index in [0.717, 1.165) is 30.7 Å². The Labute approximate surface area is 152 Å². The third kappa shape index (κ3) is 5.99. The second kappa shape index (κ2) is 8.24. The van der Waals surface area contributed by atoms with Gasteiger partial charge in [0.1, 0.15) is 5.75 Å². The molecular weight excluding hydrogens is 427 g/mol. The molecule has 0 saturated carbocycles. The van der Waals surface area contributed by atoms with Gasteiger partial charge in [-0.2, -0.15) is 38.8 Å². The lowest BCUT2D eigenvalue weighted by atomic mass is 10.3. The van der Waals surface area contributed by atoms with E-state index in [1.807, 2.05) is 6.92 Å². The van der Waals surface area contributed by atoms with Crippen LogP contribution in [0.5, 0.6) is 5.75 Å². The van der Waals surface area contributed by atoms with E-state index < -0.39 is 42.7 Å². The summed E-state index contributed by atoms with van der Waals surface area (Å²) in [6.45, 7) is 2.17. The second-order valence-corrected chi connectivity index (χ2v) is 8.25. The van der Waals surface area contributed by atoms with E-state index >= 15 is 0 Å². The van der Waals surface area contributed by atoms with Crippen molar-refractivity contribution in [1.29, 1.82) is 0 Å². The molecule has 1 aromatic carbocycles. The van der Waals surface area contributed by atoms with Crippen molar-refractivity contribution in [3.05, 3.63) is 24.3 Å². The normalized spacial score (nSPS) is 14.8. The van der Waals surface area contributed by atoms with E-state index in [1.165, 1.54) is 0 Å². The Morgan fingerprint density at radius 3 is 1.96 bits per heavy atom. The molecule has 0 saturated heterocycles. The Bertz CT molecular complexity index is 833. The number of halogens is 5. The smallest absolute Gasteiger partial charge is 0.423 e. The van der Waals surface area contributed by atoms with Gasteiger partial charge in [-0.05, 0) is 30.7 Å². The zero-order valence-corrected chi connectivity index (χ0v) is 15.2. The summed E-state index contributed by atoms with van der Waals surface area (Å²) >= 11 is 0. The molecule has 1 rings (SSSR count). The van der Waals surface area contributed by atoms with Gasteiger partial charge in [-0.1, -0.05) is 13.3 Å². The fraction of sp³-hybridized carbons (Fsp3) is 0.538. The lowest BCUT2D eigenvalue weighted by Gasteiger charge is -2.25. The van der Waals surface area contributed by atoms with Gasteiger partial charge in [0.25, 0.3) is 16.2 Å². The van der Waals surface area contributed by atoms with Gasteiger partial charge in [0.15, 0.2) is 0 Å². The van der Waals surface area contributed by atoms with Gasteiger partial charge >= 0.3 is 21.5 Å². The summed E-state index contributed by atoms with van der Waals surface area (Å²) in [5, 5.41) is -5.96. The minimum atomic E-state index is -6.62. The number of ether oxygens (including phenoxy) is 1. The third-order valence-electron chi connectivity index (χ3n) is 3.05. The van der Waals surface area contributed by atoms with Crippen molar-refractivity contribution in [2.45, 2.75) is 42.2 Å². The van der Waals surface area contributed by atoms with Crippen molar-refractivity contribution >= 4 is 20.2 Å². The number of rotatable bonds is 9. The molecule has 156 valence electrons. The lowest BCUT2D eigenvalue weighted by molar-refractivity contribution is -0.237. The molecule has 0 aliphatic heterocycles. The van der Waals surface area contributed by atoms with E-state index in [0.29, 0.717) is 6.42 Å². The zero-order chi connectivity index (χ0) is 21.1. The van der Waals surface area contributed by atoms with Crippen molar-refractivity contribution in [1.82, 2.24) is 0 Å². The first-order valence-electron chi connectivity index (χ1n) is 7.20. The largest absolute Gasteiger partial charge is 0.494 e. The molecule has 1 aromatic rings. The topological polar surface area (TPSA) is 107 Å². The van der Waals surface area contributed by atoms with Crippen LogP contribution >= 0.6 is 0 Å². The highest BCUT2D eigenvalue weighted by atomic mass is 32.2. The Morgan fingerprint density at radius 1 is 1.04 bits per heavy atom. The Morgan fingerprint density at radius 2 is 1.56 bits per heavy atom. The summed E-state index contributed by atoms with van der Waals surface area (Å²) in [6, 6.07) is 3.57. The van der Waals surface area contributed by atoms with Crippen molar-refractivity contribution in [3.63, 3.8) is 0 Å². The van der Waals surface area contributed by atoms with E-state index in [1.54, 1.807) is 0 Å². The van der Waals surface area contributed by atoms with Crippen molar-refractivity contribution < 1.29 is 52.3 Å². The summed E-state index contributed by atoms with van der Waals surface area (Å²) in [6.07, 6.45) is -9.29. The maximum absolute atomic E-state index is 13.4. The molecule has 0 spiro atoms. The first kappa shape index (κ1) is 23.5. The van der Waals surface area contributed by atoms with Crippen molar-refractivity contribution in [2.24, 2.45) is 0 Å². The van der Waals surface area contributed by atoms with E-state index in [9.17, 15) is 38.8 Å².